The minimum Gasteiger partial charge on any atom is -0.507 e. The second-order valence-electron chi connectivity index (χ2n) is 4.26. The summed E-state index contributed by atoms with van der Waals surface area (Å²) >= 11 is 5.79. The highest BCUT2D eigenvalue weighted by atomic mass is 35.5. The number of nitrogens with one attached hydrogen (secondary N) is 1. The Morgan fingerprint density at radius 1 is 1.14 bits per heavy atom. The minimum atomic E-state index is -1.67. The average Bonchev–Trinajstić information content (AvgIpc) is 2.39. The van der Waals surface area contributed by atoms with E-state index >= 15 is 0 Å². The van der Waals surface area contributed by atoms with E-state index < -0.39 is 45.8 Å². The average molecular weight is 325 g/mol. The van der Waals surface area contributed by atoms with Crippen LogP contribution in [0.3, 0.4) is 0 Å². The molecule has 0 bridgehead atoms. The number of hydrogen-bond donors (Lipinski definition) is 5. The van der Waals surface area contributed by atoms with Crippen molar-refractivity contribution in [2.24, 2.45) is 0 Å². The Kier molecular flexibility index (Phi) is 3.79. The first-order chi connectivity index (χ1) is 10.2. The number of H-pyrrole nitrogens is 1. The highest BCUT2D eigenvalue weighted by molar-refractivity contribution is 6.31. The molecule has 0 unspecified atom stereocenters. The molecular weight excluding hydrogens is 316 g/mol. The Balaban J connectivity index is 3.06. The number of pyridine rings is 1. The van der Waals surface area contributed by atoms with Gasteiger partial charge in [-0.3, -0.25) is 4.79 Å². The van der Waals surface area contributed by atoms with Crippen LogP contribution >= 0.6 is 11.6 Å². The van der Waals surface area contributed by atoms with Gasteiger partial charge in [-0.2, -0.15) is 0 Å². The number of rotatable bonds is 3. The zero-order chi connectivity index (χ0) is 16.6. The van der Waals surface area contributed by atoms with Crippen LogP contribution in [0.25, 0.3) is 11.1 Å². The van der Waals surface area contributed by atoms with Crippen LogP contribution in [-0.4, -0.2) is 32.2 Å². The third-order valence-corrected chi connectivity index (χ3v) is 3.14. The zero-order valence-electron chi connectivity index (χ0n) is 10.8. The number of phenolic OH excluding ortho intramolecular Hbond substituents is 1. The topological polar surface area (TPSA) is 154 Å². The number of carboxylic acids is 2. The largest absolute Gasteiger partial charge is 0.507 e. The molecule has 6 N–H and O–H groups in total. The minimum absolute atomic E-state index is 0.110. The molecule has 2 rings (SSSR count). The van der Waals surface area contributed by atoms with Gasteiger partial charge in [0.2, 0.25) is 0 Å². The Morgan fingerprint density at radius 2 is 1.73 bits per heavy atom. The summed E-state index contributed by atoms with van der Waals surface area (Å²) in [6, 6.07) is 3.61. The number of nitrogens with two attached hydrogens (primary N) is 1. The molecule has 0 saturated heterocycles. The standard InChI is InChI=1S/C13H9ClN2O6/c14-4-1-2-6(17)5(3-4)7-8(12(19)20)10(15)16-11(18)9(7)13(21)22/h1-3,17H,(H,19,20)(H,21,22)(H3,15,16,18). The number of nitrogen functional groups attached to an aromatic ring is 1. The summed E-state index contributed by atoms with van der Waals surface area (Å²) in [5, 5.41) is 28.4. The maximum absolute atomic E-state index is 11.8. The highest BCUT2D eigenvalue weighted by Crippen LogP contribution is 2.36. The van der Waals surface area contributed by atoms with Crippen LogP contribution in [-0.2, 0) is 0 Å². The number of aromatic carboxylic acids is 2. The number of carbonyl (C=O) groups is 2. The fraction of sp³-hybridized carbons (Fsp3) is 0. The first-order valence-corrected chi connectivity index (χ1v) is 6.13. The molecule has 1 heterocycles. The number of anilines is 1. The Morgan fingerprint density at radius 3 is 2.27 bits per heavy atom. The van der Waals surface area contributed by atoms with Gasteiger partial charge in [0.15, 0.2) is 0 Å². The van der Waals surface area contributed by atoms with E-state index in [9.17, 15) is 29.7 Å². The van der Waals surface area contributed by atoms with Gasteiger partial charge in [0.05, 0.1) is 0 Å². The smallest absolute Gasteiger partial charge is 0.342 e. The molecule has 0 fully saturated rings. The lowest BCUT2D eigenvalue weighted by Gasteiger charge is -2.13. The van der Waals surface area contributed by atoms with Gasteiger partial charge in [-0.25, -0.2) is 9.59 Å². The lowest BCUT2D eigenvalue weighted by Crippen LogP contribution is -2.24. The number of halogens is 1. The van der Waals surface area contributed by atoms with E-state index in [1.807, 2.05) is 4.98 Å². The monoisotopic (exact) mass is 324 g/mol. The van der Waals surface area contributed by atoms with Crippen LogP contribution in [0.4, 0.5) is 5.82 Å². The second kappa shape index (κ2) is 5.41. The first-order valence-electron chi connectivity index (χ1n) is 5.75. The van der Waals surface area contributed by atoms with Crippen molar-refractivity contribution in [1.82, 2.24) is 4.98 Å². The van der Waals surface area contributed by atoms with Gasteiger partial charge in [-0.15, -0.1) is 0 Å². The molecule has 9 heteroatoms. The fourth-order valence-electron chi connectivity index (χ4n) is 2.02. The van der Waals surface area contributed by atoms with Crippen molar-refractivity contribution in [2.75, 3.05) is 5.73 Å². The molecule has 0 aliphatic heterocycles. The van der Waals surface area contributed by atoms with Crippen molar-refractivity contribution in [2.45, 2.75) is 0 Å². The predicted molar refractivity (Wildman–Crippen MR) is 77.5 cm³/mol. The summed E-state index contributed by atoms with van der Waals surface area (Å²) in [4.78, 5) is 36.5. The van der Waals surface area contributed by atoms with Crippen molar-refractivity contribution in [3.05, 3.63) is 44.7 Å². The van der Waals surface area contributed by atoms with Crippen LogP contribution in [0.5, 0.6) is 5.75 Å². The first kappa shape index (κ1) is 15.4. The molecule has 1 aromatic carbocycles. The molecular formula is C13H9ClN2O6. The zero-order valence-corrected chi connectivity index (χ0v) is 11.5. The Labute approximate surface area is 127 Å². The molecule has 0 aliphatic carbocycles. The molecule has 114 valence electrons. The molecule has 2 aromatic rings. The van der Waals surface area contributed by atoms with E-state index in [0.29, 0.717) is 0 Å². The van der Waals surface area contributed by atoms with E-state index in [1.165, 1.54) is 6.07 Å². The molecule has 0 radical (unpaired) electrons. The van der Waals surface area contributed by atoms with Crippen molar-refractivity contribution in [3.8, 4) is 16.9 Å². The number of aromatic hydroxyl groups is 1. The number of carboxylic acid groups (broad SMARTS) is 2. The summed E-state index contributed by atoms with van der Waals surface area (Å²) in [5.74, 6) is -4.21. The summed E-state index contributed by atoms with van der Waals surface area (Å²) < 4.78 is 0. The van der Waals surface area contributed by atoms with Crippen LogP contribution in [0.1, 0.15) is 20.7 Å². The number of aromatic amines is 1. The van der Waals surface area contributed by atoms with Crippen molar-refractivity contribution < 1.29 is 24.9 Å². The summed E-state index contributed by atoms with van der Waals surface area (Å²) in [6.45, 7) is 0. The van der Waals surface area contributed by atoms with E-state index in [4.69, 9.17) is 17.3 Å². The highest BCUT2D eigenvalue weighted by Gasteiger charge is 2.28. The molecule has 0 aliphatic rings. The van der Waals surface area contributed by atoms with Crippen molar-refractivity contribution in [3.63, 3.8) is 0 Å². The Bertz CT molecular complexity index is 858. The molecule has 8 nitrogen and oxygen atoms in total. The molecule has 1 aromatic heterocycles. The van der Waals surface area contributed by atoms with Gasteiger partial charge < -0.3 is 26.0 Å². The van der Waals surface area contributed by atoms with Crippen LogP contribution in [0, 0.1) is 0 Å². The molecule has 22 heavy (non-hydrogen) atoms. The quantitative estimate of drug-likeness (QED) is 0.571. The third-order valence-electron chi connectivity index (χ3n) is 2.90. The number of aromatic nitrogens is 1. The normalized spacial score (nSPS) is 10.4. The number of phenols is 1. The van der Waals surface area contributed by atoms with Crippen LogP contribution in [0.15, 0.2) is 23.0 Å². The fourth-order valence-corrected chi connectivity index (χ4v) is 2.20. The maximum atomic E-state index is 11.8. The van der Waals surface area contributed by atoms with Gasteiger partial charge in [0.1, 0.15) is 22.7 Å². The maximum Gasteiger partial charge on any atom is 0.342 e. The molecule has 0 saturated carbocycles. The van der Waals surface area contributed by atoms with Crippen LogP contribution < -0.4 is 11.3 Å². The lowest BCUT2D eigenvalue weighted by atomic mass is 9.95. The van der Waals surface area contributed by atoms with E-state index in [0.717, 1.165) is 12.1 Å². The van der Waals surface area contributed by atoms with Gasteiger partial charge in [0.25, 0.3) is 5.56 Å². The molecule has 0 spiro atoms. The van der Waals surface area contributed by atoms with E-state index in [2.05, 4.69) is 0 Å². The van der Waals surface area contributed by atoms with E-state index in [-0.39, 0.29) is 10.6 Å². The van der Waals surface area contributed by atoms with E-state index in [1.54, 1.807) is 0 Å². The SMILES string of the molecule is Nc1[nH]c(=O)c(C(=O)O)c(-c2cc(Cl)ccc2O)c1C(=O)O. The van der Waals surface area contributed by atoms with Crippen molar-refractivity contribution >= 4 is 29.4 Å². The lowest BCUT2D eigenvalue weighted by molar-refractivity contribution is 0.0695. The molecule has 0 amide bonds. The number of benzene rings is 1. The van der Waals surface area contributed by atoms with Crippen molar-refractivity contribution in [1.29, 1.82) is 0 Å². The summed E-state index contributed by atoms with van der Waals surface area (Å²) in [6.07, 6.45) is 0. The number of hydrogen-bond acceptors (Lipinski definition) is 5. The summed E-state index contributed by atoms with van der Waals surface area (Å²) in [5.41, 5.74) is 2.14. The second-order valence-corrected chi connectivity index (χ2v) is 4.70. The summed E-state index contributed by atoms with van der Waals surface area (Å²) in [7, 11) is 0. The van der Waals surface area contributed by atoms with Crippen LogP contribution in [0.2, 0.25) is 5.02 Å². The van der Waals surface area contributed by atoms with Gasteiger partial charge in [0, 0.05) is 16.1 Å². The Hall–Kier alpha value is -3.00. The van der Waals surface area contributed by atoms with Gasteiger partial charge in [-0.05, 0) is 18.2 Å². The third kappa shape index (κ3) is 2.47. The van der Waals surface area contributed by atoms with Gasteiger partial charge in [-0.1, -0.05) is 11.6 Å². The molecule has 0 atom stereocenters. The predicted octanol–water partition coefficient (Wildman–Crippen LogP) is 1.38. The van der Waals surface area contributed by atoms with Gasteiger partial charge >= 0.3 is 11.9 Å².